The summed E-state index contributed by atoms with van der Waals surface area (Å²) in [7, 11) is 0. The van der Waals surface area contributed by atoms with Gasteiger partial charge in [0.15, 0.2) is 5.11 Å². The van der Waals surface area contributed by atoms with Gasteiger partial charge < -0.3 is 15.8 Å². The summed E-state index contributed by atoms with van der Waals surface area (Å²) in [5.41, 5.74) is 7.06. The van der Waals surface area contributed by atoms with Gasteiger partial charge in [-0.2, -0.15) is 0 Å². The summed E-state index contributed by atoms with van der Waals surface area (Å²) >= 11 is 6.57. The highest BCUT2D eigenvalue weighted by molar-refractivity contribution is 7.80. The molecule has 1 aromatic carbocycles. The van der Waals surface area contributed by atoms with Gasteiger partial charge in [-0.1, -0.05) is 13.0 Å². The molecule has 6 nitrogen and oxygen atoms in total. The lowest BCUT2D eigenvalue weighted by molar-refractivity contribution is 0.0974. The fourth-order valence-corrected chi connectivity index (χ4v) is 3.68. The van der Waals surface area contributed by atoms with Crippen LogP contribution in [0, 0.1) is 13.8 Å². The number of nitrogens with two attached hydrogens (primary N) is 1. The Labute approximate surface area is 168 Å². The molecule has 27 heavy (non-hydrogen) atoms. The van der Waals surface area contributed by atoms with E-state index in [-0.39, 0.29) is 17.1 Å². The van der Waals surface area contributed by atoms with Crippen molar-refractivity contribution in [3.05, 3.63) is 45.8 Å². The van der Waals surface area contributed by atoms with Crippen molar-refractivity contribution in [3.8, 4) is 5.75 Å². The molecule has 8 heteroatoms. The quantitative estimate of drug-likeness (QED) is 0.636. The zero-order valence-corrected chi connectivity index (χ0v) is 17.3. The number of amides is 2. The molecule has 1 heterocycles. The monoisotopic (exact) mass is 405 g/mol. The summed E-state index contributed by atoms with van der Waals surface area (Å²) in [5.74, 6) is -0.285. The molecule has 0 aliphatic rings. The first-order valence-electron chi connectivity index (χ1n) is 8.51. The van der Waals surface area contributed by atoms with Crippen molar-refractivity contribution >= 4 is 45.5 Å². The minimum Gasteiger partial charge on any atom is -0.491 e. The second kappa shape index (κ2) is 8.96. The van der Waals surface area contributed by atoms with Crippen LogP contribution in [0.1, 0.15) is 51.4 Å². The van der Waals surface area contributed by atoms with Crippen LogP contribution in [0.2, 0.25) is 0 Å². The number of carbonyl (C=O) groups is 2. The highest BCUT2D eigenvalue weighted by Gasteiger charge is 2.19. The third kappa shape index (κ3) is 5.27. The van der Waals surface area contributed by atoms with Gasteiger partial charge in [0.2, 0.25) is 0 Å². The number of anilines is 1. The molecule has 0 saturated carbocycles. The van der Waals surface area contributed by atoms with E-state index in [4.69, 9.17) is 22.7 Å². The number of primary amides is 1. The topological polar surface area (TPSA) is 93.4 Å². The molecule has 0 bridgehead atoms. The Kier molecular flexibility index (Phi) is 6.92. The SMILES string of the molecule is CCC(C)Oc1cccc(C(=O)NC(=S)Nc2sc(C)c(C)c2C(N)=O)c1. The number of benzene rings is 1. The second-order valence-electron chi connectivity index (χ2n) is 6.12. The van der Waals surface area contributed by atoms with Crippen molar-refractivity contribution in [1.82, 2.24) is 5.32 Å². The Bertz CT molecular complexity index is 877. The average Bonchev–Trinajstić information content (AvgIpc) is 2.88. The third-order valence-electron chi connectivity index (χ3n) is 4.09. The van der Waals surface area contributed by atoms with Crippen LogP contribution in [0.25, 0.3) is 0 Å². The lowest BCUT2D eigenvalue weighted by Crippen LogP contribution is -2.34. The zero-order valence-electron chi connectivity index (χ0n) is 15.7. The van der Waals surface area contributed by atoms with Gasteiger partial charge in [-0.05, 0) is 63.2 Å². The second-order valence-corrected chi connectivity index (χ2v) is 7.76. The Morgan fingerprint density at radius 1 is 1.33 bits per heavy atom. The van der Waals surface area contributed by atoms with E-state index in [2.05, 4.69) is 10.6 Å². The maximum atomic E-state index is 12.5. The molecule has 2 rings (SSSR count). The number of carbonyl (C=O) groups excluding carboxylic acids is 2. The van der Waals surface area contributed by atoms with Crippen molar-refractivity contribution in [2.45, 2.75) is 40.2 Å². The van der Waals surface area contributed by atoms with Crippen LogP contribution in [-0.2, 0) is 0 Å². The normalized spacial score (nSPS) is 11.6. The van der Waals surface area contributed by atoms with E-state index in [1.807, 2.05) is 27.7 Å². The molecule has 0 saturated heterocycles. The van der Waals surface area contributed by atoms with E-state index in [1.165, 1.54) is 11.3 Å². The molecule has 144 valence electrons. The largest absolute Gasteiger partial charge is 0.491 e. The van der Waals surface area contributed by atoms with E-state index in [0.717, 1.165) is 16.9 Å². The van der Waals surface area contributed by atoms with Gasteiger partial charge in [-0.15, -0.1) is 11.3 Å². The molecule has 2 amide bonds. The summed E-state index contributed by atoms with van der Waals surface area (Å²) < 4.78 is 5.73. The predicted octanol–water partition coefficient (Wildman–Crippen LogP) is 3.77. The molecule has 1 aromatic heterocycles. The number of hydrogen-bond acceptors (Lipinski definition) is 5. The van der Waals surface area contributed by atoms with Crippen molar-refractivity contribution in [2.75, 3.05) is 5.32 Å². The van der Waals surface area contributed by atoms with E-state index in [1.54, 1.807) is 24.3 Å². The standard InChI is InChI=1S/C19H23N3O3S2/c1-5-10(2)25-14-8-6-7-13(9-14)17(24)21-19(26)22-18-15(16(20)23)11(3)12(4)27-18/h6-10H,5H2,1-4H3,(H2,20,23)(H2,21,22,24,26). The van der Waals surface area contributed by atoms with Gasteiger partial charge in [0.05, 0.1) is 11.7 Å². The van der Waals surface area contributed by atoms with E-state index in [0.29, 0.717) is 21.9 Å². The number of thiocarbonyl (C=S) groups is 1. The van der Waals surface area contributed by atoms with Gasteiger partial charge in [0, 0.05) is 10.4 Å². The molecular formula is C19H23N3O3S2. The van der Waals surface area contributed by atoms with Crippen molar-refractivity contribution < 1.29 is 14.3 Å². The van der Waals surface area contributed by atoms with Crippen molar-refractivity contribution in [3.63, 3.8) is 0 Å². The summed E-state index contributed by atoms with van der Waals surface area (Å²) in [6.07, 6.45) is 0.926. The number of nitrogens with one attached hydrogen (secondary N) is 2. The molecule has 1 atom stereocenters. The van der Waals surface area contributed by atoms with Gasteiger partial charge in [0.25, 0.3) is 11.8 Å². The predicted molar refractivity (Wildman–Crippen MR) is 113 cm³/mol. The summed E-state index contributed by atoms with van der Waals surface area (Å²) in [6, 6.07) is 6.89. The van der Waals surface area contributed by atoms with Crippen molar-refractivity contribution in [1.29, 1.82) is 0 Å². The molecule has 1 unspecified atom stereocenters. The third-order valence-corrected chi connectivity index (χ3v) is 5.42. The molecule has 0 aliphatic heterocycles. The molecule has 0 radical (unpaired) electrons. The number of ether oxygens (including phenoxy) is 1. The maximum Gasteiger partial charge on any atom is 0.257 e. The summed E-state index contributed by atoms with van der Waals surface area (Å²) in [4.78, 5) is 25.1. The minimum absolute atomic E-state index is 0.0589. The van der Waals surface area contributed by atoms with Crippen LogP contribution in [0.15, 0.2) is 24.3 Å². The van der Waals surface area contributed by atoms with E-state index >= 15 is 0 Å². The fourth-order valence-electron chi connectivity index (χ4n) is 2.35. The van der Waals surface area contributed by atoms with Gasteiger partial charge >= 0.3 is 0 Å². The van der Waals surface area contributed by atoms with Crippen LogP contribution in [-0.4, -0.2) is 23.0 Å². The van der Waals surface area contributed by atoms with Crippen LogP contribution in [0.5, 0.6) is 5.75 Å². The Hall–Kier alpha value is -2.45. The number of aryl methyl sites for hydroxylation is 1. The van der Waals surface area contributed by atoms with Gasteiger partial charge in [-0.3, -0.25) is 14.9 Å². The Balaban J connectivity index is 2.09. The Morgan fingerprint density at radius 2 is 2.04 bits per heavy atom. The molecule has 4 N–H and O–H groups in total. The average molecular weight is 406 g/mol. The number of hydrogen-bond donors (Lipinski definition) is 3. The van der Waals surface area contributed by atoms with E-state index in [9.17, 15) is 9.59 Å². The molecular weight excluding hydrogens is 382 g/mol. The molecule has 0 spiro atoms. The van der Waals surface area contributed by atoms with Gasteiger partial charge in [-0.25, -0.2) is 0 Å². The van der Waals surface area contributed by atoms with Crippen molar-refractivity contribution in [2.24, 2.45) is 5.73 Å². The first-order chi connectivity index (χ1) is 12.7. The van der Waals surface area contributed by atoms with Crippen LogP contribution >= 0.6 is 23.6 Å². The van der Waals surface area contributed by atoms with Crippen LogP contribution < -0.4 is 21.1 Å². The molecule has 0 aliphatic carbocycles. The highest BCUT2D eigenvalue weighted by Crippen LogP contribution is 2.31. The number of rotatable bonds is 6. The number of thiophene rings is 1. The first kappa shape index (κ1) is 20.9. The van der Waals surface area contributed by atoms with Crippen LogP contribution in [0.3, 0.4) is 0 Å². The zero-order chi connectivity index (χ0) is 20.1. The summed E-state index contributed by atoms with van der Waals surface area (Å²) in [5, 5.41) is 6.13. The highest BCUT2D eigenvalue weighted by atomic mass is 32.1. The smallest absolute Gasteiger partial charge is 0.257 e. The van der Waals surface area contributed by atoms with E-state index < -0.39 is 5.91 Å². The maximum absolute atomic E-state index is 12.5. The molecule has 0 fully saturated rings. The van der Waals surface area contributed by atoms with Crippen LogP contribution in [0.4, 0.5) is 5.00 Å². The lowest BCUT2D eigenvalue weighted by atomic mass is 10.1. The lowest BCUT2D eigenvalue weighted by Gasteiger charge is -2.14. The summed E-state index contributed by atoms with van der Waals surface area (Å²) in [6.45, 7) is 7.70. The fraction of sp³-hybridized carbons (Fsp3) is 0.316. The minimum atomic E-state index is -0.539. The van der Waals surface area contributed by atoms with Gasteiger partial charge in [0.1, 0.15) is 10.8 Å². The molecule has 2 aromatic rings. The Morgan fingerprint density at radius 3 is 2.67 bits per heavy atom. The first-order valence-corrected chi connectivity index (χ1v) is 9.74.